The number of hydrogen-bond donors (Lipinski definition) is 1. The van der Waals surface area contributed by atoms with E-state index in [2.05, 4.69) is 9.72 Å². The molecule has 1 aromatic heterocycles. The van der Waals surface area contributed by atoms with E-state index in [4.69, 9.17) is 5.11 Å². The lowest BCUT2D eigenvalue weighted by Crippen LogP contribution is -2.51. The predicted molar refractivity (Wildman–Crippen MR) is 65.6 cm³/mol. The number of aromatic nitrogens is 1. The highest BCUT2D eigenvalue weighted by Gasteiger charge is 2.37. The number of ether oxygens (including phenoxy) is 1. The molecule has 0 unspecified atom stereocenters. The number of esters is 1. The maximum Gasteiger partial charge on any atom is 0.339 e. The first-order valence-electron chi connectivity index (χ1n) is 5.64. The Balaban J connectivity index is 2.28. The van der Waals surface area contributed by atoms with Gasteiger partial charge < -0.3 is 14.7 Å². The fourth-order valence-corrected chi connectivity index (χ4v) is 1.86. The van der Waals surface area contributed by atoms with E-state index in [0.29, 0.717) is 0 Å². The van der Waals surface area contributed by atoms with E-state index in [1.807, 2.05) is 0 Å². The number of hydrogen-bond acceptors (Lipinski definition) is 7. The summed E-state index contributed by atoms with van der Waals surface area (Å²) in [4.78, 5) is 37.7. The summed E-state index contributed by atoms with van der Waals surface area (Å²) in [6.07, 6.45) is 1.17. The number of aliphatic carboxylic acids is 1. The van der Waals surface area contributed by atoms with Crippen molar-refractivity contribution in [3.63, 3.8) is 0 Å². The fourth-order valence-electron chi connectivity index (χ4n) is 1.86. The van der Waals surface area contributed by atoms with E-state index < -0.39 is 22.8 Å². The second-order valence-corrected chi connectivity index (χ2v) is 4.26. The number of carboxylic acids is 1. The molecule has 2 rings (SSSR count). The van der Waals surface area contributed by atoms with Crippen LogP contribution < -0.4 is 4.90 Å². The van der Waals surface area contributed by atoms with Gasteiger partial charge in [-0.2, -0.15) is 0 Å². The molecule has 1 aliphatic rings. The predicted octanol–water partition coefficient (Wildman–Crippen LogP) is 0.297. The second-order valence-electron chi connectivity index (χ2n) is 4.26. The van der Waals surface area contributed by atoms with Crippen LogP contribution in [-0.2, 0) is 9.53 Å². The van der Waals surface area contributed by atoms with Crippen LogP contribution in [0.25, 0.3) is 0 Å². The molecule has 9 heteroatoms. The summed E-state index contributed by atoms with van der Waals surface area (Å²) in [5, 5.41) is 19.8. The zero-order valence-corrected chi connectivity index (χ0v) is 10.5. The molecule has 0 aromatic carbocycles. The molecule has 0 bridgehead atoms. The van der Waals surface area contributed by atoms with Gasteiger partial charge in [0.1, 0.15) is 0 Å². The van der Waals surface area contributed by atoms with Crippen molar-refractivity contribution in [3.05, 3.63) is 27.9 Å². The first-order valence-corrected chi connectivity index (χ1v) is 5.64. The lowest BCUT2D eigenvalue weighted by atomic mass is 10.0. The monoisotopic (exact) mass is 281 g/mol. The molecule has 0 amide bonds. The third-order valence-electron chi connectivity index (χ3n) is 3.00. The molecule has 0 saturated carbocycles. The Morgan fingerprint density at radius 2 is 2.20 bits per heavy atom. The van der Waals surface area contributed by atoms with Crippen molar-refractivity contribution < 1.29 is 24.4 Å². The number of anilines is 1. The van der Waals surface area contributed by atoms with Crippen molar-refractivity contribution in [3.8, 4) is 0 Å². The van der Waals surface area contributed by atoms with Gasteiger partial charge in [0.15, 0.2) is 0 Å². The first kappa shape index (κ1) is 13.7. The summed E-state index contributed by atoms with van der Waals surface area (Å²) in [5.41, 5.74) is -0.380. The largest absolute Gasteiger partial charge is 0.481 e. The van der Waals surface area contributed by atoms with Crippen molar-refractivity contribution in [1.29, 1.82) is 0 Å². The number of nitro groups is 1. The van der Waals surface area contributed by atoms with Gasteiger partial charge in [0.05, 0.1) is 23.5 Å². The number of methoxy groups -OCH3 is 1. The first-order chi connectivity index (χ1) is 9.43. The van der Waals surface area contributed by atoms with Gasteiger partial charge in [-0.1, -0.05) is 0 Å². The normalized spacial score (nSPS) is 14.6. The third kappa shape index (κ3) is 2.37. The standard InChI is InChI=1S/C11H11N3O6/c1-20-11(17)6-2-8(14(18)19)9(12-3-6)13-4-7(5-13)10(15)16/h2-3,7H,4-5H2,1H3,(H,15,16). The number of carbonyl (C=O) groups excluding carboxylic acids is 1. The average molecular weight is 281 g/mol. The topological polar surface area (TPSA) is 123 Å². The summed E-state index contributed by atoms with van der Waals surface area (Å²) in [6.45, 7) is 0.307. The van der Waals surface area contributed by atoms with Crippen molar-refractivity contribution in [2.24, 2.45) is 5.92 Å². The zero-order valence-electron chi connectivity index (χ0n) is 10.5. The molecule has 2 heterocycles. The van der Waals surface area contributed by atoms with Crippen LogP contribution in [0.1, 0.15) is 10.4 Å². The molecule has 0 atom stereocenters. The summed E-state index contributed by atoms with van der Waals surface area (Å²) in [7, 11) is 1.16. The van der Waals surface area contributed by atoms with Crippen LogP contribution in [0, 0.1) is 16.0 Å². The molecule has 1 aromatic rings. The Morgan fingerprint density at radius 3 is 2.70 bits per heavy atom. The van der Waals surface area contributed by atoms with Crippen LogP contribution in [0.2, 0.25) is 0 Å². The number of carboxylic acid groups (broad SMARTS) is 1. The number of rotatable bonds is 4. The second kappa shape index (κ2) is 5.11. The molecule has 1 aliphatic heterocycles. The van der Waals surface area contributed by atoms with E-state index in [0.717, 1.165) is 13.2 Å². The highest BCUT2D eigenvalue weighted by molar-refractivity contribution is 5.90. The Hall–Kier alpha value is -2.71. The van der Waals surface area contributed by atoms with Gasteiger partial charge in [-0.05, 0) is 0 Å². The van der Waals surface area contributed by atoms with Crippen LogP contribution >= 0.6 is 0 Å². The van der Waals surface area contributed by atoms with Crippen molar-refractivity contribution in [2.45, 2.75) is 0 Å². The highest BCUT2D eigenvalue weighted by Crippen LogP contribution is 2.31. The molecule has 0 aliphatic carbocycles. The van der Waals surface area contributed by atoms with Gasteiger partial charge >= 0.3 is 17.6 Å². The van der Waals surface area contributed by atoms with E-state index in [-0.39, 0.29) is 30.2 Å². The van der Waals surface area contributed by atoms with Crippen LogP contribution in [0.15, 0.2) is 12.3 Å². The number of nitrogens with zero attached hydrogens (tertiary/aromatic N) is 3. The molecule has 106 valence electrons. The Labute approximate surface area is 112 Å². The summed E-state index contributed by atoms with van der Waals surface area (Å²) < 4.78 is 4.47. The van der Waals surface area contributed by atoms with Gasteiger partial charge in [0.2, 0.25) is 5.82 Å². The van der Waals surface area contributed by atoms with Gasteiger partial charge in [-0.25, -0.2) is 9.78 Å². The van der Waals surface area contributed by atoms with Crippen LogP contribution in [0.3, 0.4) is 0 Å². The minimum absolute atomic E-state index is 0.0294. The molecule has 0 spiro atoms. The van der Waals surface area contributed by atoms with Crippen LogP contribution in [0.5, 0.6) is 0 Å². The Morgan fingerprint density at radius 1 is 1.55 bits per heavy atom. The number of carbonyl (C=O) groups is 2. The SMILES string of the molecule is COC(=O)c1cnc(N2CC(C(=O)O)C2)c([N+](=O)[O-])c1. The molecule has 1 saturated heterocycles. The molecule has 1 N–H and O–H groups in total. The smallest absolute Gasteiger partial charge is 0.339 e. The molecular weight excluding hydrogens is 270 g/mol. The van der Waals surface area contributed by atoms with E-state index in [1.165, 1.54) is 11.1 Å². The lowest BCUT2D eigenvalue weighted by molar-refractivity contribution is -0.384. The highest BCUT2D eigenvalue weighted by atomic mass is 16.6. The van der Waals surface area contributed by atoms with Crippen molar-refractivity contribution >= 4 is 23.4 Å². The minimum atomic E-state index is -0.949. The van der Waals surface area contributed by atoms with Gasteiger partial charge in [0.25, 0.3) is 0 Å². The van der Waals surface area contributed by atoms with Gasteiger partial charge in [-0.15, -0.1) is 0 Å². The van der Waals surface area contributed by atoms with E-state index in [1.54, 1.807) is 0 Å². The van der Waals surface area contributed by atoms with Crippen molar-refractivity contribution in [1.82, 2.24) is 4.98 Å². The van der Waals surface area contributed by atoms with Crippen LogP contribution in [-0.4, -0.2) is 47.2 Å². The van der Waals surface area contributed by atoms with E-state index >= 15 is 0 Å². The zero-order chi connectivity index (χ0) is 14.9. The maximum atomic E-state index is 11.3. The lowest BCUT2D eigenvalue weighted by Gasteiger charge is -2.37. The Bertz CT molecular complexity index is 582. The summed E-state index contributed by atoms with van der Waals surface area (Å²) >= 11 is 0. The minimum Gasteiger partial charge on any atom is -0.481 e. The Kier molecular flexibility index (Phi) is 3.51. The van der Waals surface area contributed by atoms with Crippen LogP contribution in [0.4, 0.5) is 11.5 Å². The fraction of sp³-hybridized carbons (Fsp3) is 0.364. The van der Waals surface area contributed by atoms with E-state index in [9.17, 15) is 19.7 Å². The third-order valence-corrected chi connectivity index (χ3v) is 3.00. The summed E-state index contributed by atoms with van der Waals surface area (Å²) in [5.74, 6) is -2.17. The quantitative estimate of drug-likeness (QED) is 0.474. The average Bonchev–Trinajstić information content (AvgIpc) is 2.35. The molecule has 9 nitrogen and oxygen atoms in total. The van der Waals surface area contributed by atoms with Gasteiger partial charge in [-0.3, -0.25) is 14.9 Å². The number of pyridine rings is 1. The van der Waals surface area contributed by atoms with Gasteiger partial charge in [0, 0.05) is 25.4 Å². The van der Waals surface area contributed by atoms with Crippen molar-refractivity contribution in [2.75, 3.05) is 25.1 Å². The molecule has 20 heavy (non-hydrogen) atoms. The molecule has 1 fully saturated rings. The molecule has 0 radical (unpaired) electrons. The maximum absolute atomic E-state index is 11.3. The molecular formula is C11H11N3O6. The summed E-state index contributed by atoms with van der Waals surface area (Å²) in [6, 6.07) is 1.07.